The summed E-state index contributed by atoms with van der Waals surface area (Å²) >= 11 is 1.21. The molecular weight excluding hydrogens is 307 g/mol. The van der Waals surface area contributed by atoms with Gasteiger partial charge in [-0.05, 0) is 24.3 Å². The van der Waals surface area contributed by atoms with Gasteiger partial charge >= 0.3 is 6.36 Å². The Bertz CT molecular complexity index is 625. The van der Waals surface area contributed by atoms with Gasteiger partial charge in [-0.25, -0.2) is 4.98 Å². The summed E-state index contributed by atoms with van der Waals surface area (Å²) in [5, 5.41) is 4.61. The molecule has 1 aromatic heterocycles. The standard InChI is InChI=1S/C12H10F3N3O2S/c13-12(14,15)20-9-3-1-7(2-4-9)10(19)18-11-17-8(5-16)6-21-11/h1-4,6H,5,16H2,(H,17,18,19). The lowest BCUT2D eigenvalue weighted by Gasteiger charge is -2.09. The first-order chi connectivity index (χ1) is 9.87. The molecule has 0 aliphatic carbocycles. The second kappa shape index (κ2) is 6.10. The van der Waals surface area contributed by atoms with Gasteiger partial charge in [0.1, 0.15) is 5.75 Å². The predicted octanol–water partition coefficient (Wildman–Crippen LogP) is 2.75. The van der Waals surface area contributed by atoms with Gasteiger partial charge in [-0.15, -0.1) is 24.5 Å². The number of nitrogens with zero attached hydrogens (tertiary/aromatic N) is 1. The molecule has 2 rings (SSSR count). The number of amides is 1. The van der Waals surface area contributed by atoms with E-state index >= 15 is 0 Å². The zero-order chi connectivity index (χ0) is 15.5. The molecular formula is C12H10F3N3O2S. The zero-order valence-electron chi connectivity index (χ0n) is 10.5. The van der Waals surface area contributed by atoms with E-state index in [-0.39, 0.29) is 12.1 Å². The molecule has 9 heteroatoms. The second-order valence-electron chi connectivity index (χ2n) is 3.87. The number of carbonyl (C=O) groups excluding carboxylic acids is 1. The summed E-state index contributed by atoms with van der Waals surface area (Å²) in [6.07, 6.45) is -4.76. The van der Waals surface area contributed by atoms with Gasteiger partial charge in [0, 0.05) is 17.5 Å². The number of nitrogens with one attached hydrogen (secondary N) is 1. The molecule has 0 fully saturated rings. The molecule has 21 heavy (non-hydrogen) atoms. The van der Waals surface area contributed by atoms with Gasteiger partial charge in [-0.3, -0.25) is 10.1 Å². The van der Waals surface area contributed by atoms with Gasteiger partial charge in [0.15, 0.2) is 5.13 Å². The van der Waals surface area contributed by atoms with Gasteiger partial charge in [0.05, 0.1) is 5.69 Å². The van der Waals surface area contributed by atoms with Crippen LogP contribution in [0, 0.1) is 0 Å². The average molecular weight is 317 g/mol. The quantitative estimate of drug-likeness (QED) is 0.909. The number of rotatable bonds is 4. The first-order valence-electron chi connectivity index (χ1n) is 5.69. The van der Waals surface area contributed by atoms with Crippen LogP contribution < -0.4 is 15.8 Å². The largest absolute Gasteiger partial charge is 0.573 e. The van der Waals surface area contributed by atoms with E-state index in [4.69, 9.17) is 5.73 Å². The summed E-state index contributed by atoms with van der Waals surface area (Å²) in [5.41, 5.74) is 6.23. The maximum atomic E-state index is 12.0. The number of aromatic nitrogens is 1. The summed E-state index contributed by atoms with van der Waals surface area (Å²) in [5.74, 6) is -0.870. The van der Waals surface area contributed by atoms with E-state index in [1.807, 2.05) is 0 Å². The molecule has 1 amide bonds. The number of ether oxygens (including phenoxy) is 1. The van der Waals surface area contributed by atoms with Crippen LogP contribution in [-0.4, -0.2) is 17.3 Å². The van der Waals surface area contributed by atoms with E-state index in [9.17, 15) is 18.0 Å². The van der Waals surface area contributed by atoms with Crippen LogP contribution in [0.5, 0.6) is 5.75 Å². The number of halogens is 3. The highest BCUT2D eigenvalue weighted by atomic mass is 32.1. The average Bonchev–Trinajstić information content (AvgIpc) is 2.85. The van der Waals surface area contributed by atoms with Crippen molar-refractivity contribution >= 4 is 22.4 Å². The third kappa shape index (κ3) is 4.43. The van der Waals surface area contributed by atoms with Crippen LogP contribution in [0.1, 0.15) is 16.1 Å². The molecule has 0 aliphatic heterocycles. The number of anilines is 1. The molecule has 2 aromatic rings. The van der Waals surface area contributed by atoms with Crippen molar-refractivity contribution in [3.05, 3.63) is 40.9 Å². The Kier molecular flexibility index (Phi) is 4.43. The van der Waals surface area contributed by atoms with Gasteiger partial charge in [-0.1, -0.05) is 0 Å². The van der Waals surface area contributed by atoms with Gasteiger partial charge in [-0.2, -0.15) is 0 Å². The fourth-order valence-corrected chi connectivity index (χ4v) is 2.15. The van der Waals surface area contributed by atoms with Gasteiger partial charge in [0.25, 0.3) is 5.91 Å². The van der Waals surface area contributed by atoms with Crippen LogP contribution in [0.15, 0.2) is 29.6 Å². The monoisotopic (exact) mass is 317 g/mol. The summed E-state index contributed by atoms with van der Waals surface area (Å²) in [6, 6.07) is 4.59. The molecule has 1 aromatic carbocycles. The summed E-state index contributed by atoms with van der Waals surface area (Å²) in [4.78, 5) is 15.9. The Morgan fingerprint density at radius 1 is 1.33 bits per heavy atom. The topological polar surface area (TPSA) is 77.2 Å². The van der Waals surface area contributed by atoms with Crippen LogP contribution in [0.3, 0.4) is 0 Å². The molecule has 0 saturated heterocycles. The lowest BCUT2D eigenvalue weighted by Crippen LogP contribution is -2.17. The molecule has 3 N–H and O–H groups in total. The number of benzene rings is 1. The molecule has 0 bridgehead atoms. The van der Waals surface area contributed by atoms with Crippen molar-refractivity contribution in [2.24, 2.45) is 5.73 Å². The predicted molar refractivity (Wildman–Crippen MR) is 71.1 cm³/mol. The number of nitrogens with two attached hydrogens (primary N) is 1. The van der Waals surface area contributed by atoms with Crippen molar-refractivity contribution in [2.75, 3.05) is 5.32 Å². The van der Waals surface area contributed by atoms with Crippen LogP contribution in [0.25, 0.3) is 0 Å². The highest BCUT2D eigenvalue weighted by Crippen LogP contribution is 2.23. The SMILES string of the molecule is NCc1csc(NC(=O)c2ccc(OC(F)(F)F)cc2)n1. The Balaban J connectivity index is 2.02. The van der Waals surface area contributed by atoms with E-state index in [0.29, 0.717) is 10.8 Å². The Hall–Kier alpha value is -2.13. The minimum absolute atomic E-state index is 0.189. The number of thiazole rings is 1. The highest BCUT2D eigenvalue weighted by Gasteiger charge is 2.31. The third-order valence-corrected chi connectivity index (χ3v) is 3.14. The van der Waals surface area contributed by atoms with Crippen LogP contribution in [0.4, 0.5) is 18.3 Å². The fourth-order valence-electron chi connectivity index (χ4n) is 1.44. The molecule has 0 radical (unpaired) electrons. The van der Waals surface area contributed by atoms with Crippen molar-refractivity contribution in [2.45, 2.75) is 12.9 Å². The van der Waals surface area contributed by atoms with Crippen molar-refractivity contribution in [1.82, 2.24) is 4.98 Å². The lowest BCUT2D eigenvalue weighted by atomic mass is 10.2. The Morgan fingerprint density at radius 2 is 2.00 bits per heavy atom. The highest BCUT2D eigenvalue weighted by molar-refractivity contribution is 7.13. The van der Waals surface area contributed by atoms with Gasteiger partial charge < -0.3 is 10.5 Å². The number of carbonyl (C=O) groups is 1. The Labute approximate surface area is 121 Å². The maximum absolute atomic E-state index is 12.0. The van der Waals surface area contributed by atoms with E-state index in [1.54, 1.807) is 5.38 Å². The summed E-state index contributed by atoms with van der Waals surface area (Å²) in [6.45, 7) is 0.260. The molecule has 5 nitrogen and oxygen atoms in total. The van der Waals surface area contributed by atoms with Crippen molar-refractivity contribution in [3.63, 3.8) is 0 Å². The van der Waals surface area contributed by atoms with Crippen LogP contribution in [0.2, 0.25) is 0 Å². The summed E-state index contributed by atoms with van der Waals surface area (Å²) in [7, 11) is 0. The van der Waals surface area contributed by atoms with Crippen molar-refractivity contribution in [1.29, 1.82) is 0 Å². The van der Waals surface area contributed by atoms with E-state index in [2.05, 4.69) is 15.0 Å². The fraction of sp³-hybridized carbons (Fsp3) is 0.167. The second-order valence-corrected chi connectivity index (χ2v) is 4.73. The Morgan fingerprint density at radius 3 is 2.52 bits per heavy atom. The first kappa shape index (κ1) is 15.3. The van der Waals surface area contributed by atoms with Crippen molar-refractivity contribution in [3.8, 4) is 5.75 Å². The van der Waals surface area contributed by atoms with Crippen molar-refractivity contribution < 1.29 is 22.7 Å². The zero-order valence-corrected chi connectivity index (χ0v) is 11.3. The van der Waals surface area contributed by atoms with Gasteiger partial charge in [0.2, 0.25) is 0 Å². The molecule has 112 valence electrons. The molecule has 0 aliphatic rings. The smallest absolute Gasteiger partial charge is 0.406 e. The first-order valence-corrected chi connectivity index (χ1v) is 6.57. The molecule has 0 spiro atoms. The lowest BCUT2D eigenvalue weighted by molar-refractivity contribution is -0.274. The van der Waals surface area contributed by atoms with E-state index in [1.165, 1.54) is 23.5 Å². The number of alkyl halides is 3. The minimum Gasteiger partial charge on any atom is -0.406 e. The van der Waals surface area contributed by atoms with Crippen LogP contribution >= 0.6 is 11.3 Å². The third-order valence-electron chi connectivity index (χ3n) is 2.33. The molecule has 1 heterocycles. The summed E-state index contributed by atoms with van der Waals surface area (Å²) < 4.78 is 39.7. The van der Waals surface area contributed by atoms with Crippen LogP contribution in [-0.2, 0) is 6.54 Å². The number of hydrogen-bond acceptors (Lipinski definition) is 5. The van der Waals surface area contributed by atoms with E-state index in [0.717, 1.165) is 12.1 Å². The molecule has 0 atom stereocenters. The normalized spacial score (nSPS) is 11.2. The van der Waals surface area contributed by atoms with E-state index < -0.39 is 18.0 Å². The number of hydrogen-bond donors (Lipinski definition) is 2. The maximum Gasteiger partial charge on any atom is 0.573 e. The molecule has 0 unspecified atom stereocenters. The molecule has 0 saturated carbocycles. The minimum atomic E-state index is -4.76.